The largest absolute Gasteiger partial charge is 0.342 e. The quantitative estimate of drug-likeness (QED) is 0.190. The number of aromatic nitrogens is 3. The first kappa shape index (κ1) is 23.6. The fourth-order valence-electron chi connectivity index (χ4n) is 4.47. The Balaban J connectivity index is 1.48. The molecular weight excluding hydrogens is 592 g/mol. The monoisotopic (exact) mass is 610 g/mol. The Hall–Kier alpha value is -3.81. The minimum atomic E-state index is -0.205. The molecule has 0 aliphatic heterocycles. The highest BCUT2D eigenvalue weighted by Gasteiger charge is 2.13. The molecule has 37 heavy (non-hydrogen) atoms. The highest BCUT2D eigenvalue weighted by Crippen LogP contribution is 2.26. The minimum Gasteiger partial charge on any atom is -0.342 e. The SMILES string of the molecule is O=c1c2ccccc2nc(-c2ccccc2)n1N=Cc1cn(Cc2ccc(Br)cc2Br)c2ccccc12. The van der Waals surface area contributed by atoms with Crippen molar-refractivity contribution in [3.8, 4) is 11.4 Å². The van der Waals surface area contributed by atoms with Crippen LogP contribution in [0.25, 0.3) is 33.2 Å². The van der Waals surface area contributed by atoms with Gasteiger partial charge in [0.2, 0.25) is 0 Å². The molecule has 6 rings (SSSR count). The van der Waals surface area contributed by atoms with Crippen LogP contribution in [0.15, 0.2) is 122 Å². The van der Waals surface area contributed by atoms with E-state index in [-0.39, 0.29) is 5.56 Å². The Morgan fingerprint density at radius 1 is 0.838 bits per heavy atom. The van der Waals surface area contributed by atoms with Crippen LogP contribution in [-0.4, -0.2) is 20.4 Å². The fraction of sp³-hybridized carbons (Fsp3) is 0.0333. The van der Waals surface area contributed by atoms with Crippen LogP contribution >= 0.6 is 31.9 Å². The molecule has 4 aromatic carbocycles. The number of halogens is 2. The predicted molar refractivity (Wildman–Crippen MR) is 157 cm³/mol. The maximum absolute atomic E-state index is 13.5. The van der Waals surface area contributed by atoms with Crippen LogP contribution in [-0.2, 0) is 6.54 Å². The summed E-state index contributed by atoms with van der Waals surface area (Å²) in [5.41, 5.74) is 4.44. The summed E-state index contributed by atoms with van der Waals surface area (Å²) in [6.07, 6.45) is 3.82. The Labute approximate surface area is 230 Å². The van der Waals surface area contributed by atoms with Crippen molar-refractivity contribution in [3.05, 3.63) is 134 Å². The van der Waals surface area contributed by atoms with E-state index in [1.54, 1.807) is 12.3 Å². The summed E-state index contributed by atoms with van der Waals surface area (Å²) < 4.78 is 5.66. The van der Waals surface area contributed by atoms with Crippen LogP contribution in [0.1, 0.15) is 11.1 Å². The molecule has 0 atom stereocenters. The van der Waals surface area contributed by atoms with Gasteiger partial charge in [-0.3, -0.25) is 4.79 Å². The van der Waals surface area contributed by atoms with E-state index < -0.39 is 0 Å². The molecule has 0 N–H and O–H groups in total. The van der Waals surface area contributed by atoms with E-state index in [1.807, 2.05) is 72.8 Å². The molecule has 0 saturated carbocycles. The highest BCUT2D eigenvalue weighted by atomic mass is 79.9. The van der Waals surface area contributed by atoms with Gasteiger partial charge in [-0.2, -0.15) is 9.78 Å². The lowest BCUT2D eigenvalue weighted by molar-refractivity contribution is 0.825. The molecule has 2 aromatic heterocycles. The van der Waals surface area contributed by atoms with Crippen LogP contribution in [0.4, 0.5) is 0 Å². The van der Waals surface area contributed by atoms with Gasteiger partial charge < -0.3 is 4.57 Å². The third-order valence-corrected chi connectivity index (χ3v) is 7.50. The second-order valence-corrected chi connectivity index (χ2v) is 10.4. The molecular formula is C30H20Br2N4O. The summed E-state index contributed by atoms with van der Waals surface area (Å²) >= 11 is 7.20. The summed E-state index contributed by atoms with van der Waals surface area (Å²) in [5.74, 6) is 0.503. The van der Waals surface area contributed by atoms with E-state index in [0.717, 1.165) is 36.5 Å². The number of hydrogen-bond acceptors (Lipinski definition) is 3. The second-order valence-electron chi connectivity index (χ2n) is 8.65. The van der Waals surface area contributed by atoms with Gasteiger partial charge in [-0.05, 0) is 35.9 Å². The summed E-state index contributed by atoms with van der Waals surface area (Å²) in [5, 5.41) is 6.28. The van der Waals surface area contributed by atoms with Crippen molar-refractivity contribution < 1.29 is 0 Å². The number of nitrogens with zero attached hydrogens (tertiary/aromatic N) is 4. The van der Waals surface area contributed by atoms with Crippen molar-refractivity contribution >= 4 is 59.9 Å². The number of para-hydroxylation sites is 2. The zero-order chi connectivity index (χ0) is 25.4. The first-order valence-electron chi connectivity index (χ1n) is 11.7. The van der Waals surface area contributed by atoms with E-state index >= 15 is 0 Å². The Morgan fingerprint density at radius 2 is 1.57 bits per heavy atom. The molecule has 2 heterocycles. The Kier molecular flexibility index (Phi) is 6.32. The molecule has 6 aromatic rings. The molecule has 180 valence electrons. The lowest BCUT2D eigenvalue weighted by atomic mass is 10.2. The lowest BCUT2D eigenvalue weighted by Crippen LogP contribution is -2.20. The third kappa shape index (κ3) is 4.56. The van der Waals surface area contributed by atoms with Crippen molar-refractivity contribution in [2.45, 2.75) is 6.54 Å². The van der Waals surface area contributed by atoms with Crippen molar-refractivity contribution in [1.82, 2.24) is 14.2 Å². The van der Waals surface area contributed by atoms with Gasteiger partial charge in [0.1, 0.15) is 0 Å². The molecule has 0 radical (unpaired) electrons. The molecule has 0 aliphatic carbocycles. The number of benzene rings is 4. The van der Waals surface area contributed by atoms with Gasteiger partial charge in [0.15, 0.2) is 5.82 Å². The Morgan fingerprint density at radius 3 is 2.38 bits per heavy atom. The van der Waals surface area contributed by atoms with Crippen LogP contribution in [0.5, 0.6) is 0 Å². The van der Waals surface area contributed by atoms with Gasteiger partial charge in [0.25, 0.3) is 5.56 Å². The van der Waals surface area contributed by atoms with Crippen LogP contribution in [0.2, 0.25) is 0 Å². The van der Waals surface area contributed by atoms with Crippen LogP contribution in [0, 0.1) is 0 Å². The van der Waals surface area contributed by atoms with Crippen LogP contribution < -0.4 is 5.56 Å². The first-order chi connectivity index (χ1) is 18.1. The van der Waals surface area contributed by atoms with Crippen molar-refractivity contribution in [3.63, 3.8) is 0 Å². The van der Waals surface area contributed by atoms with Gasteiger partial charge in [-0.15, -0.1) is 0 Å². The predicted octanol–water partition coefficient (Wildman–Crippen LogP) is 7.47. The van der Waals surface area contributed by atoms with E-state index in [4.69, 9.17) is 10.1 Å². The number of rotatable bonds is 5. The maximum atomic E-state index is 13.5. The summed E-state index contributed by atoms with van der Waals surface area (Å²) in [4.78, 5) is 18.3. The normalized spacial score (nSPS) is 11.6. The summed E-state index contributed by atoms with van der Waals surface area (Å²) in [7, 11) is 0. The molecule has 0 bridgehead atoms. The molecule has 5 nitrogen and oxygen atoms in total. The highest BCUT2D eigenvalue weighted by molar-refractivity contribution is 9.11. The minimum absolute atomic E-state index is 0.205. The lowest BCUT2D eigenvalue weighted by Gasteiger charge is -2.09. The summed E-state index contributed by atoms with van der Waals surface area (Å²) in [6.45, 7) is 0.689. The second kappa shape index (κ2) is 9.92. The zero-order valence-corrected chi connectivity index (χ0v) is 22.7. The van der Waals surface area contributed by atoms with Gasteiger partial charge in [-0.1, -0.05) is 98.6 Å². The molecule has 0 aliphatic rings. The molecule has 7 heteroatoms. The molecule has 0 fully saturated rings. The smallest absolute Gasteiger partial charge is 0.282 e. The van der Waals surface area contributed by atoms with Gasteiger partial charge in [-0.25, -0.2) is 4.98 Å². The third-order valence-electron chi connectivity index (χ3n) is 6.27. The van der Waals surface area contributed by atoms with Crippen LogP contribution in [0.3, 0.4) is 0 Å². The standard InChI is InChI=1S/C30H20Br2N4O/c31-23-15-14-21(26(32)16-23)18-35-19-22(24-10-5-7-13-28(24)35)17-33-36-29(20-8-2-1-3-9-20)34-27-12-6-4-11-25(27)30(36)37/h1-17,19H,18H2. The van der Waals surface area contributed by atoms with E-state index in [0.29, 0.717) is 23.3 Å². The summed E-state index contributed by atoms with van der Waals surface area (Å²) in [6, 6.07) is 31.4. The van der Waals surface area contributed by atoms with Crippen molar-refractivity contribution in [2.75, 3.05) is 0 Å². The van der Waals surface area contributed by atoms with E-state index in [9.17, 15) is 4.79 Å². The topological polar surface area (TPSA) is 52.2 Å². The molecule has 0 amide bonds. The fourth-order valence-corrected chi connectivity index (χ4v) is 5.64. The zero-order valence-electron chi connectivity index (χ0n) is 19.6. The number of hydrogen-bond donors (Lipinski definition) is 0. The average Bonchev–Trinajstić information content (AvgIpc) is 3.27. The number of fused-ring (bicyclic) bond motifs is 2. The molecule has 0 unspecified atom stereocenters. The maximum Gasteiger partial charge on any atom is 0.282 e. The van der Waals surface area contributed by atoms with Crippen molar-refractivity contribution in [2.24, 2.45) is 5.10 Å². The average molecular weight is 612 g/mol. The first-order valence-corrected chi connectivity index (χ1v) is 13.3. The molecule has 0 spiro atoms. The van der Waals surface area contributed by atoms with E-state index in [1.165, 1.54) is 4.68 Å². The molecule has 0 saturated heterocycles. The Bertz CT molecular complexity index is 1860. The van der Waals surface area contributed by atoms with Gasteiger partial charge >= 0.3 is 0 Å². The van der Waals surface area contributed by atoms with Crippen molar-refractivity contribution in [1.29, 1.82) is 0 Å². The van der Waals surface area contributed by atoms with Gasteiger partial charge in [0, 0.05) is 43.7 Å². The van der Waals surface area contributed by atoms with E-state index in [2.05, 4.69) is 60.8 Å². The van der Waals surface area contributed by atoms with Gasteiger partial charge in [0.05, 0.1) is 17.1 Å².